The smallest absolute Gasteiger partial charge is 0.280 e. The number of rotatable bonds is 7. The van der Waals surface area contributed by atoms with Gasteiger partial charge in [-0.25, -0.2) is 4.98 Å². The summed E-state index contributed by atoms with van der Waals surface area (Å²) in [6, 6.07) is 7.58. The van der Waals surface area contributed by atoms with Crippen LogP contribution in [0, 0.1) is 6.92 Å². The highest BCUT2D eigenvalue weighted by molar-refractivity contribution is 7.22. The lowest BCUT2D eigenvalue weighted by atomic mass is 10.3. The van der Waals surface area contributed by atoms with Crippen LogP contribution in [0.5, 0.6) is 5.75 Å². The summed E-state index contributed by atoms with van der Waals surface area (Å²) in [6.45, 7) is 5.98. The number of thiazole rings is 1. The summed E-state index contributed by atoms with van der Waals surface area (Å²) in [5, 5.41) is 5.13. The maximum absolute atomic E-state index is 13.2. The Kier molecular flexibility index (Phi) is 5.76. The van der Waals surface area contributed by atoms with Gasteiger partial charge in [-0.1, -0.05) is 11.3 Å². The number of ether oxygens (including phenoxy) is 1. The number of hydrogen-bond acceptors (Lipinski definition) is 6. The summed E-state index contributed by atoms with van der Waals surface area (Å²) in [5.74, 6) is 0.652. The number of hydrogen-bond donors (Lipinski definition) is 0. The molecule has 7 nitrogen and oxygen atoms in total. The van der Waals surface area contributed by atoms with Crippen molar-refractivity contribution in [2.75, 3.05) is 39.2 Å². The third-order valence-corrected chi connectivity index (χ3v) is 5.37. The molecule has 0 aliphatic carbocycles. The number of carbonyl (C=O) groups is 1. The van der Waals surface area contributed by atoms with Gasteiger partial charge in [-0.15, -0.1) is 0 Å². The van der Waals surface area contributed by atoms with Crippen molar-refractivity contribution in [1.82, 2.24) is 19.7 Å². The van der Waals surface area contributed by atoms with Crippen molar-refractivity contribution in [3.8, 4) is 5.75 Å². The Balaban J connectivity index is 1.98. The Hall–Kier alpha value is -2.45. The van der Waals surface area contributed by atoms with Gasteiger partial charge in [-0.3, -0.25) is 14.4 Å². The van der Waals surface area contributed by atoms with Gasteiger partial charge in [0.1, 0.15) is 5.75 Å². The minimum atomic E-state index is -0.127. The van der Waals surface area contributed by atoms with Gasteiger partial charge in [0.15, 0.2) is 10.8 Å². The molecule has 0 saturated heterocycles. The van der Waals surface area contributed by atoms with E-state index in [0.717, 1.165) is 34.7 Å². The van der Waals surface area contributed by atoms with Crippen LogP contribution < -0.4 is 9.64 Å². The van der Waals surface area contributed by atoms with E-state index >= 15 is 0 Å². The van der Waals surface area contributed by atoms with E-state index in [4.69, 9.17) is 4.74 Å². The molecule has 27 heavy (non-hydrogen) atoms. The first kappa shape index (κ1) is 19.3. The second-order valence-corrected chi connectivity index (χ2v) is 7.59. The van der Waals surface area contributed by atoms with Crippen LogP contribution in [0.3, 0.4) is 0 Å². The van der Waals surface area contributed by atoms with E-state index in [1.807, 2.05) is 61.8 Å². The van der Waals surface area contributed by atoms with Crippen LogP contribution in [-0.2, 0) is 6.54 Å². The number of aryl methyl sites for hydroxylation is 2. The molecule has 1 aromatic carbocycles. The predicted octanol–water partition coefficient (Wildman–Crippen LogP) is 3.04. The third-order valence-electron chi connectivity index (χ3n) is 4.33. The Morgan fingerprint density at radius 2 is 2.04 bits per heavy atom. The predicted molar refractivity (Wildman–Crippen MR) is 109 cm³/mol. The van der Waals surface area contributed by atoms with Crippen LogP contribution in [-0.4, -0.2) is 59.9 Å². The van der Waals surface area contributed by atoms with Crippen LogP contribution in [0.2, 0.25) is 0 Å². The topological polar surface area (TPSA) is 63.5 Å². The summed E-state index contributed by atoms with van der Waals surface area (Å²) in [5.41, 5.74) is 2.28. The minimum Gasteiger partial charge on any atom is -0.497 e. The number of anilines is 1. The molecule has 0 radical (unpaired) electrons. The van der Waals surface area contributed by atoms with Gasteiger partial charge in [0.2, 0.25) is 0 Å². The molecule has 8 heteroatoms. The van der Waals surface area contributed by atoms with Gasteiger partial charge in [-0.05, 0) is 52.2 Å². The third kappa shape index (κ3) is 4.12. The maximum Gasteiger partial charge on any atom is 0.280 e. The number of fused-ring (bicyclic) bond motifs is 1. The van der Waals surface area contributed by atoms with Crippen molar-refractivity contribution in [2.45, 2.75) is 20.4 Å². The number of nitrogens with zero attached hydrogens (tertiary/aromatic N) is 5. The van der Waals surface area contributed by atoms with Crippen LogP contribution in [0.1, 0.15) is 23.1 Å². The number of carbonyl (C=O) groups excluding carboxylic acids is 1. The molecule has 0 spiro atoms. The number of methoxy groups -OCH3 is 1. The van der Waals surface area contributed by atoms with E-state index in [1.54, 1.807) is 12.0 Å². The molecule has 0 atom stereocenters. The van der Waals surface area contributed by atoms with E-state index in [0.29, 0.717) is 17.4 Å². The molecule has 144 valence electrons. The molecule has 0 fully saturated rings. The largest absolute Gasteiger partial charge is 0.497 e. The number of amides is 1. The van der Waals surface area contributed by atoms with Gasteiger partial charge in [0.25, 0.3) is 5.91 Å². The van der Waals surface area contributed by atoms with Crippen molar-refractivity contribution in [1.29, 1.82) is 0 Å². The van der Waals surface area contributed by atoms with Gasteiger partial charge in [-0.2, -0.15) is 5.10 Å². The fourth-order valence-corrected chi connectivity index (χ4v) is 3.81. The fourth-order valence-electron chi connectivity index (χ4n) is 2.79. The molecule has 2 aromatic heterocycles. The molecular formula is C19H25N5O2S. The highest BCUT2D eigenvalue weighted by Gasteiger charge is 2.24. The first-order valence-corrected chi connectivity index (χ1v) is 9.70. The quantitative estimate of drug-likeness (QED) is 0.623. The van der Waals surface area contributed by atoms with Crippen molar-refractivity contribution in [2.24, 2.45) is 0 Å². The minimum absolute atomic E-state index is 0.127. The summed E-state index contributed by atoms with van der Waals surface area (Å²) in [4.78, 5) is 21.7. The highest BCUT2D eigenvalue weighted by atomic mass is 32.1. The van der Waals surface area contributed by atoms with E-state index in [9.17, 15) is 4.79 Å². The highest BCUT2D eigenvalue weighted by Crippen LogP contribution is 2.32. The SMILES string of the molecule is CCn1nc(C(=O)N(CCN(C)C)c2nc3ccc(OC)cc3s2)cc1C. The fraction of sp³-hybridized carbons (Fsp3) is 0.421. The molecule has 0 bridgehead atoms. The Labute approximate surface area is 163 Å². The molecule has 0 aliphatic rings. The second kappa shape index (κ2) is 8.06. The van der Waals surface area contributed by atoms with Crippen LogP contribution in [0.4, 0.5) is 5.13 Å². The van der Waals surface area contributed by atoms with Gasteiger partial charge < -0.3 is 9.64 Å². The zero-order valence-corrected chi connectivity index (χ0v) is 17.2. The van der Waals surface area contributed by atoms with Gasteiger partial charge >= 0.3 is 0 Å². The average molecular weight is 388 g/mol. The monoisotopic (exact) mass is 387 g/mol. The summed E-state index contributed by atoms with van der Waals surface area (Å²) in [7, 11) is 5.62. The van der Waals surface area contributed by atoms with Crippen molar-refractivity contribution in [3.05, 3.63) is 35.7 Å². The lowest BCUT2D eigenvalue weighted by Gasteiger charge is -2.21. The zero-order chi connectivity index (χ0) is 19.6. The lowest BCUT2D eigenvalue weighted by molar-refractivity contribution is 0.0979. The Morgan fingerprint density at radius 3 is 2.67 bits per heavy atom. The molecule has 0 aliphatic heterocycles. The summed E-state index contributed by atoms with van der Waals surface area (Å²) in [6.07, 6.45) is 0. The van der Waals surface area contributed by atoms with Crippen LogP contribution in [0.25, 0.3) is 10.2 Å². The van der Waals surface area contributed by atoms with Crippen molar-refractivity contribution < 1.29 is 9.53 Å². The Morgan fingerprint density at radius 1 is 1.26 bits per heavy atom. The molecule has 3 aromatic rings. The Bertz CT molecular complexity index is 947. The maximum atomic E-state index is 13.2. The molecule has 0 unspecified atom stereocenters. The van der Waals surface area contributed by atoms with Gasteiger partial charge in [0.05, 0.1) is 17.3 Å². The molecule has 2 heterocycles. The number of benzene rings is 1. The number of likely N-dealkylation sites (N-methyl/N-ethyl adjacent to an activating group) is 1. The van der Waals surface area contributed by atoms with Crippen molar-refractivity contribution >= 4 is 32.6 Å². The average Bonchev–Trinajstić information content (AvgIpc) is 3.23. The van der Waals surface area contributed by atoms with Crippen LogP contribution in [0.15, 0.2) is 24.3 Å². The van der Waals surface area contributed by atoms with E-state index < -0.39 is 0 Å². The summed E-state index contributed by atoms with van der Waals surface area (Å²) < 4.78 is 8.12. The normalized spacial score (nSPS) is 11.3. The van der Waals surface area contributed by atoms with Crippen LogP contribution >= 0.6 is 11.3 Å². The van der Waals surface area contributed by atoms with E-state index in [-0.39, 0.29) is 5.91 Å². The van der Waals surface area contributed by atoms with E-state index in [1.165, 1.54) is 11.3 Å². The summed E-state index contributed by atoms with van der Waals surface area (Å²) >= 11 is 1.49. The molecule has 3 rings (SSSR count). The number of aromatic nitrogens is 3. The first-order valence-electron chi connectivity index (χ1n) is 8.88. The molecule has 0 saturated carbocycles. The standard InChI is InChI=1S/C19H25N5O2S/c1-6-24-13(2)11-16(21-24)18(25)23(10-9-22(3)4)19-20-15-8-7-14(26-5)12-17(15)27-19/h7-8,11-12H,6,9-10H2,1-5H3. The van der Waals surface area contributed by atoms with Gasteiger partial charge in [0, 0.05) is 25.3 Å². The lowest BCUT2D eigenvalue weighted by Crippen LogP contribution is -2.37. The zero-order valence-electron chi connectivity index (χ0n) is 16.4. The second-order valence-electron chi connectivity index (χ2n) is 6.58. The molecule has 1 amide bonds. The molecular weight excluding hydrogens is 362 g/mol. The van der Waals surface area contributed by atoms with E-state index in [2.05, 4.69) is 10.1 Å². The first-order chi connectivity index (χ1) is 12.9. The molecule has 0 N–H and O–H groups in total. The van der Waals surface area contributed by atoms with Crippen molar-refractivity contribution in [3.63, 3.8) is 0 Å².